The molecule has 0 aromatic heterocycles. The second-order valence-electron chi connectivity index (χ2n) is 7.04. The molecule has 35 heavy (non-hydrogen) atoms. The molecule has 0 aliphatic heterocycles. The topological polar surface area (TPSA) is 102 Å². The van der Waals surface area contributed by atoms with Gasteiger partial charge in [0, 0.05) is 10.0 Å². The van der Waals surface area contributed by atoms with Gasteiger partial charge in [-0.05, 0) is 61.5 Å². The molecule has 184 valence electrons. The molecule has 0 spiro atoms. The van der Waals surface area contributed by atoms with Gasteiger partial charge in [-0.1, -0.05) is 58.0 Å². The van der Waals surface area contributed by atoms with Crippen molar-refractivity contribution in [1.82, 2.24) is 0 Å². The smallest absolute Gasteiger partial charge is 0.338 e. The number of hydrogen-bond acceptors (Lipinski definition) is 5. The molecule has 0 fully saturated rings. The lowest BCUT2D eigenvalue weighted by atomic mass is 10.2. The van der Waals surface area contributed by atoms with Crippen LogP contribution in [0.15, 0.2) is 59.5 Å². The Morgan fingerprint density at radius 2 is 1.43 bits per heavy atom. The zero-order valence-electron chi connectivity index (χ0n) is 17.6. The predicted molar refractivity (Wildman–Crippen MR) is 139 cm³/mol. The van der Waals surface area contributed by atoms with Gasteiger partial charge in [0.2, 0.25) is 0 Å². The number of rotatable bonds is 7. The summed E-state index contributed by atoms with van der Waals surface area (Å²) in [4.78, 5) is 24.6. The van der Waals surface area contributed by atoms with E-state index in [0.29, 0.717) is 5.02 Å². The molecular weight excluding hydrogens is 582 g/mol. The quantitative estimate of drug-likeness (QED) is 0.288. The van der Waals surface area contributed by atoms with Crippen molar-refractivity contribution in [3.05, 3.63) is 85.3 Å². The van der Waals surface area contributed by atoms with E-state index >= 15 is 0 Å². The summed E-state index contributed by atoms with van der Waals surface area (Å²) in [5.74, 6) is -1.62. The molecule has 0 saturated heterocycles. The first-order chi connectivity index (χ1) is 16.4. The summed E-state index contributed by atoms with van der Waals surface area (Å²) in [6, 6.07) is 12.2. The van der Waals surface area contributed by atoms with E-state index in [2.05, 4.69) is 10.0 Å². The van der Waals surface area contributed by atoms with Crippen LogP contribution in [0.1, 0.15) is 17.3 Å². The van der Waals surface area contributed by atoms with Gasteiger partial charge in [0.1, 0.15) is 4.90 Å². The summed E-state index contributed by atoms with van der Waals surface area (Å²) in [6.45, 7) is 1.34. The van der Waals surface area contributed by atoms with E-state index in [4.69, 9.17) is 62.7 Å². The van der Waals surface area contributed by atoms with Crippen molar-refractivity contribution in [2.24, 2.45) is 0 Å². The van der Waals surface area contributed by atoms with Crippen molar-refractivity contribution in [3.63, 3.8) is 0 Å². The van der Waals surface area contributed by atoms with Gasteiger partial charge in [-0.3, -0.25) is 9.52 Å². The van der Waals surface area contributed by atoms with Crippen LogP contribution in [0.2, 0.25) is 25.1 Å². The molecule has 0 aliphatic rings. The van der Waals surface area contributed by atoms with Crippen LogP contribution in [0.25, 0.3) is 0 Å². The van der Waals surface area contributed by atoms with Crippen LogP contribution in [0.4, 0.5) is 11.4 Å². The number of benzene rings is 3. The summed E-state index contributed by atoms with van der Waals surface area (Å²) in [5.41, 5.74) is 0.139. The van der Waals surface area contributed by atoms with E-state index in [1.807, 2.05) is 0 Å². The number of hydrogen-bond donors (Lipinski definition) is 2. The molecule has 1 amide bonds. The number of esters is 1. The molecule has 0 aliphatic carbocycles. The Morgan fingerprint density at radius 1 is 0.800 bits per heavy atom. The molecule has 7 nitrogen and oxygen atoms in total. The van der Waals surface area contributed by atoms with Gasteiger partial charge < -0.3 is 10.1 Å². The summed E-state index contributed by atoms with van der Waals surface area (Å²) < 4.78 is 33.3. The minimum absolute atomic E-state index is 0.0226. The van der Waals surface area contributed by atoms with E-state index in [-0.39, 0.29) is 37.0 Å². The third-order valence-corrected chi connectivity index (χ3v) is 7.43. The van der Waals surface area contributed by atoms with Crippen molar-refractivity contribution in [2.75, 3.05) is 10.0 Å². The number of anilines is 2. The molecule has 13 heteroatoms. The number of carbonyl (C=O) groups excluding carboxylic acids is 2. The zero-order valence-corrected chi connectivity index (χ0v) is 22.2. The number of amides is 1. The van der Waals surface area contributed by atoms with E-state index in [0.717, 1.165) is 6.07 Å². The molecule has 1 unspecified atom stereocenters. The van der Waals surface area contributed by atoms with E-state index < -0.39 is 32.9 Å². The van der Waals surface area contributed by atoms with Gasteiger partial charge in [0.15, 0.2) is 6.10 Å². The second kappa shape index (κ2) is 11.2. The number of sulfonamides is 1. The first kappa shape index (κ1) is 27.4. The molecule has 1 atom stereocenters. The highest BCUT2D eigenvalue weighted by Gasteiger charge is 2.24. The van der Waals surface area contributed by atoms with Crippen molar-refractivity contribution in [2.45, 2.75) is 17.9 Å². The maximum Gasteiger partial charge on any atom is 0.338 e. The average Bonchev–Trinajstić information content (AvgIpc) is 2.78. The van der Waals surface area contributed by atoms with Gasteiger partial charge in [0.25, 0.3) is 15.9 Å². The summed E-state index contributed by atoms with van der Waals surface area (Å²) >= 11 is 29.9. The second-order valence-corrected chi connectivity index (χ2v) is 10.8. The summed E-state index contributed by atoms with van der Waals surface area (Å²) in [5, 5.41) is 3.30. The molecule has 3 rings (SSSR count). The highest BCUT2D eigenvalue weighted by atomic mass is 35.5. The van der Waals surface area contributed by atoms with Crippen molar-refractivity contribution >= 4 is 91.3 Å². The zero-order chi connectivity index (χ0) is 25.9. The molecule has 3 aromatic rings. The SMILES string of the molecule is CC(OC(=O)c1ccc(Cl)c(S(=O)(=O)Nc2cc(Cl)ccc2Cl)c1)C(=O)Nc1ccc(Cl)cc1Cl. The third kappa shape index (κ3) is 6.94. The monoisotopic (exact) mass is 594 g/mol. The lowest BCUT2D eigenvalue weighted by molar-refractivity contribution is -0.123. The molecule has 3 aromatic carbocycles. The maximum absolute atomic E-state index is 12.9. The number of nitrogens with one attached hydrogen (secondary N) is 2. The van der Waals surface area contributed by atoms with Crippen LogP contribution in [-0.4, -0.2) is 26.4 Å². The fourth-order valence-corrected chi connectivity index (χ4v) is 5.17. The molecule has 0 bridgehead atoms. The minimum Gasteiger partial charge on any atom is -0.449 e. The van der Waals surface area contributed by atoms with Crippen LogP contribution in [-0.2, 0) is 19.6 Å². The lowest BCUT2D eigenvalue weighted by Gasteiger charge is -2.15. The highest BCUT2D eigenvalue weighted by molar-refractivity contribution is 7.92. The van der Waals surface area contributed by atoms with Crippen molar-refractivity contribution < 1.29 is 22.7 Å². The Kier molecular flexibility index (Phi) is 8.80. The van der Waals surface area contributed by atoms with E-state index in [9.17, 15) is 18.0 Å². The third-order valence-electron chi connectivity index (χ3n) is 4.47. The standard InChI is InChI=1S/C22H15Cl5N2O5S/c1-11(21(30)28-18-7-4-13(23)9-17(18)27)34-22(31)12-2-5-16(26)20(8-12)35(32,33)29-19-10-14(24)3-6-15(19)25/h2-11,29H,1H3,(H,28,30). The fourth-order valence-electron chi connectivity index (χ4n) is 2.72. The first-order valence-corrected chi connectivity index (χ1v) is 13.0. The molecule has 0 radical (unpaired) electrons. The predicted octanol–water partition coefficient (Wildman–Crippen LogP) is 6.94. The van der Waals surface area contributed by atoms with Crippen LogP contribution >= 0.6 is 58.0 Å². The minimum atomic E-state index is -4.27. The van der Waals surface area contributed by atoms with Crippen molar-refractivity contribution in [1.29, 1.82) is 0 Å². The summed E-state index contributed by atoms with van der Waals surface area (Å²) in [6.07, 6.45) is -1.24. The normalized spacial score (nSPS) is 12.1. The maximum atomic E-state index is 12.9. The van der Waals surface area contributed by atoms with Gasteiger partial charge in [0.05, 0.1) is 32.0 Å². The molecule has 2 N–H and O–H groups in total. The first-order valence-electron chi connectivity index (χ1n) is 9.61. The van der Waals surface area contributed by atoms with Crippen LogP contribution in [0.5, 0.6) is 0 Å². The Balaban J connectivity index is 1.77. The Bertz CT molecular complexity index is 1420. The van der Waals surface area contributed by atoms with E-state index in [1.54, 1.807) is 0 Å². The fraction of sp³-hybridized carbons (Fsp3) is 0.0909. The average molecular weight is 597 g/mol. The lowest BCUT2D eigenvalue weighted by Crippen LogP contribution is -2.30. The molecular formula is C22H15Cl5N2O5S. The van der Waals surface area contributed by atoms with Crippen LogP contribution in [0.3, 0.4) is 0 Å². The van der Waals surface area contributed by atoms with Crippen LogP contribution < -0.4 is 10.0 Å². The Labute approximate surface area is 226 Å². The van der Waals surface area contributed by atoms with Gasteiger partial charge in [-0.2, -0.15) is 0 Å². The number of carbonyl (C=O) groups is 2. The van der Waals surface area contributed by atoms with Gasteiger partial charge >= 0.3 is 5.97 Å². The van der Waals surface area contributed by atoms with E-state index in [1.165, 1.54) is 55.5 Å². The number of ether oxygens (including phenoxy) is 1. The summed E-state index contributed by atoms with van der Waals surface area (Å²) in [7, 11) is -4.27. The Morgan fingerprint density at radius 3 is 2.11 bits per heavy atom. The molecule has 0 saturated carbocycles. The molecule has 0 heterocycles. The van der Waals surface area contributed by atoms with Crippen molar-refractivity contribution in [3.8, 4) is 0 Å². The number of halogens is 5. The van der Waals surface area contributed by atoms with Gasteiger partial charge in [-0.15, -0.1) is 0 Å². The van der Waals surface area contributed by atoms with Gasteiger partial charge in [-0.25, -0.2) is 13.2 Å². The highest BCUT2D eigenvalue weighted by Crippen LogP contribution is 2.30. The Hall–Kier alpha value is -2.20. The largest absolute Gasteiger partial charge is 0.449 e. The van der Waals surface area contributed by atoms with Crippen LogP contribution in [0, 0.1) is 0 Å².